The van der Waals surface area contributed by atoms with Crippen LogP contribution in [-0.4, -0.2) is 59.4 Å². The number of hydrogen-bond donors (Lipinski definition) is 2. The molecule has 6 nitrogen and oxygen atoms in total. The first-order chi connectivity index (χ1) is 11.0. The van der Waals surface area contributed by atoms with Crippen LogP contribution >= 0.6 is 24.0 Å². The third-order valence-corrected chi connectivity index (χ3v) is 4.61. The molecule has 0 saturated carbocycles. The van der Waals surface area contributed by atoms with Crippen LogP contribution in [0.15, 0.2) is 17.4 Å². The van der Waals surface area contributed by atoms with Gasteiger partial charge in [0, 0.05) is 52.0 Å². The van der Waals surface area contributed by atoms with E-state index in [0.29, 0.717) is 18.0 Å². The minimum absolute atomic E-state index is 0. The van der Waals surface area contributed by atoms with Gasteiger partial charge in [0.15, 0.2) is 5.96 Å². The molecule has 2 unspecified atom stereocenters. The Kier molecular flexibility index (Phi) is 9.04. The van der Waals surface area contributed by atoms with Crippen molar-refractivity contribution >= 4 is 29.9 Å². The SMILES string of the molecule is CN=C(NCCCc1cnn(C)c1)NC1CN(C(C)C)CC1C.I. The summed E-state index contributed by atoms with van der Waals surface area (Å²) in [4.78, 5) is 6.89. The number of hydrogen-bond acceptors (Lipinski definition) is 3. The number of aliphatic imine (C=N–C) groups is 1. The van der Waals surface area contributed by atoms with Gasteiger partial charge in [0.1, 0.15) is 0 Å². The van der Waals surface area contributed by atoms with Crippen LogP contribution in [0.1, 0.15) is 32.8 Å². The molecule has 0 bridgehead atoms. The summed E-state index contributed by atoms with van der Waals surface area (Å²) in [6, 6.07) is 1.08. The molecule has 1 aromatic heterocycles. The lowest BCUT2D eigenvalue weighted by Gasteiger charge is -2.21. The molecule has 0 aliphatic carbocycles. The van der Waals surface area contributed by atoms with Crippen LogP contribution < -0.4 is 10.6 Å². The summed E-state index contributed by atoms with van der Waals surface area (Å²) in [5, 5.41) is 11.2. The van der Waals surface area contributed by atoms with Crippen molar-refractivity contribution < 1.29 is 0 Å². The van der Waals surface area contributed by atoms with E-state index in [0.717, 1.165) is 38.4 Å². The van der Waals surface area contributed by atoms with E-state index >= 15 is 0 Å². The number of nitrogens with one attached hydrogen (secondary N) is 2. The normalized spacial score (nSPS) is 21.8. The lowest BCUT2D eigenvalue weighted by molar-refractivity contribution is 0.265. The highest BCUT2D eigenvalue weighted by Crippen LogP contribution is 2.18. The molecule has 1 saturated heterocycles. The molecule has 1 aromatic rings. The van der Waals surface area contributed by atoms with Gasteiger partial charge in [0.2, 0.25) is 0 Å². The molecule has 138 valence electrons. The van der Waals surface area contributed by atoms with E-state index in [1.165, 1.54) is 5.56 Å². The van der Waals surface area contributed by atoms with Gasteiger partial charge in [-0.25, -0.2) is 0 Å². The third-order valence-electron chi connectivity index (χ3n) is 4.61. The zero-order valence-electron chi connectivity index (χ0n) is 15.6. The Hall–Kier alpha value is -0.830. The smallest absolute Gasteiger partial charge is 0.191 e. The molecule has 2 heterocycles. The Morgan fingerprint density at radius 2 is 2.17 bits per heavy atom. The third kappa shape index (κ3) is 6.23. The number of likely N-dealkylation sites (tertiary alicyclic amines) is 1. The summed E-state index contributed by atoms with van der Waals surface area (Å²) >= 11 is 0. The molecular formula is C17H33IN6. The zero-order valence-corrected chi connectivity index (χ0v) is 17.9. The van der Waals surface area contributed by atoms with Gasteiger partial charge in [-0.05, 0) is 38.2 Å². The van der Waals surface area contributed by atoms with E-state index in [9.17, 15) is 0 Å². The van der Waals surface area contributed by atoms with Crippen LogP contribution in [0.2, 0.25) is 0 Å². The van der Waals surface area contributed by atoms with Crippen molar-refractivity contribution in [2.45, 2.75) is 45.7 Å². The van der Waals surface area contributed by atoms with Gasteiger partial charge in [-0.3, -0.25) is 14.6 Å². The first-order valence-electron chi connectivity index (χ1n) is 8.68. The highest BCUT2D eigenvalue weighted by atomic mass is 127. The Bertz CT molecular complexity index is 513. The van der Waals surface area contributed by atoms with E-state index in [-0.39, 0.29) is 24.0 Å². The zero-order chi connectivity index (χ0) is 16.8. The maximum absolute atomic E-state index is 4.36. The van der Waals surface area contributed by atoms with E-state index in [2.05, 4.69) is 52.6 Å². The molecule has 2 rings (SSSR count). The summed E-state index contributed by atoms with van der Waals surface area (Å²) in [5.41, 5.74) is 1.29. The van der Waals surface area contributed by atoms with Gasteiger partial charge in [0.25, 0.3) is 0 Å². The number of guanidine groups is 1. The van der Waals surface area contributed by atoms with Crippen molar-refractivity contribution in [1.29, 1.82) is 0 Å². The lowest BCUT2D eigenvalue weighted by atomic mass is 10.1. The van der Waals surface area contributed by atoms with Crippen LogP contribution in [0.5, 0.6) is 0 Å². The number of halogens is 1. The molecule has 0 aromatic carbocycles. The highest BCUT2D eigenvalue weighted by Gasteiger charge is 2.31. The minimum Gasteiger partial charge on any atom is -0.356 e. The van der Waals surface area contributed by atoms with Gasteiger partial charge in [-0.15, -0.1) is 24.0 Å². The van der Waals surface area contributed by atoms with Crippen LogP contribution in [0.25, 0.3) is 0 Å². The average Bonchev–Trinajstić information content (AvgIpc) is 3.08. The molecule has 24 heavy (non-hydrogen) atoms. The second-order valence-corrected chi connectivity index (χ2v) is 6.90. The predicted molar refractivity (Wildman–Crippen MR) is 111 cm³/mol. The number of aryl methyl sites for hydroxylation is 2. The predicted octanol–water partition coefficient (Wildman–Crippen LogP) is 1.86. The summed E-state index contributed by atoms with van der Waals surface area (Å²) < 4.78 is 1.85. The second-order valence-electron chi connectivity index (χ2n) is 6.90. The van der Waals surface area contributed by atoms with Crippen LogP contribution in [0, 0.1) is 5.92 Å². The van der Waals surface area contributed by atoms with Gasteiger partial charge >= 0.3 is 0 Å². The minimum atomic E-state index is 0. The summed E-state index contributed by atoms with van der Waals surface area (Å²) in [7, 11) is 3.80. The van der Waals surface area contributed by atoms with E-state index in [1.807, 2.05) is 25.0 Å². The van der Waals surface area contributed by atoms with Crippen molar-refractivity contribution in [3.8, 4) is 0 Å². The van der Waals surface area contributed by atoms with Crippen molar-refractivity contribution in [2.24, 2.45) is 18.0 Å². The molecule has 1 aliphatic rings. The highest BCUT2D eigenvalue weighted by molar-refractivity contribution is 14.0. The van der Waals surface area contributed by atoms with Crippen molar-refractivity contribution in [1.82, 2.24) is 25.3 Å². The molecule has 1 aliphatic heterocycles. The van der Waals surface area contributed by atoms with Crippen molar-refractivity contribution in [3.05, 3.63) is 18.0 Å². The van der Waals surface area contributed by atoms with Crippen LogP contribution in [0.3, 0.4) is 0 Å². The summed E-state index contributed by atoms with van der Waals surface area (Å²) in [5.74, 6) is 1.56. The molecule has 1 fully saturated rings. The maximum atomic E-state index is 4.36. The summed E-state index contributed by atoms with van der Waals surface area (Å²) in [6.07, 6.45) is 6.13. The molecule has 0 spiro atoms. The Morgan fingerprint density at radius 1 is 1.42 bits per heavy atom. The topological polar surface area (TPSA) is 57.5 Å². The monoisotopic (exact) mass is 448 g/mol. The van der Waals surface area contributed by atoms with Crippen LogP contribution in [0.4, 0.5) is 0 Å². The van der Waals surface area contributed by atoms with Gasteiger partial charge < -0.3 is 10.6 Å². The molecular weight excluding hydrogens is 415 g/mol. The largest absolute Gasteiger partial charge is 0.356 e. The Labute approximate surface area is 163 Å². The van der Waals surface area contributed by atoms with Gasteiger partial charge in [0.05, 0.1) is 6.20 Å². The van der Waals surface area contributed by atoms with Crippen molar-refractivity contribution in [2.75, 3.05) is 26.7 Å². The number of rotatable bonds is 6. The molecule has 0 amide bonds. The molecule has 2 atom stereocenters. The number of nitrogens with zero attached hydrogens (tertiary/aromatic N) is 4. The lowest BCUT2D eigenvalue weighted by Crippen LogP contribution is -2.47. The molecule has 0 radical (unpaired) electrons. The van der Waals surface area contributed by atoms with Gasteiger partial charge in [-0.2, -0.15) is 5.10 Å². The van der Waals surface area contributed by atoms with E-state index in [4.69, 9.17) is 0 Å². The Morgan fingerprint density at radius 3 is 2.71 bits per heavy atom. The summed E-state index contributed by atoms with van der Waals surface area (Å²) in [6.45, 7) is 10.0. The van der Waals surface area contributed by atoms with E-state index in [1.54, 1.807) is 0 Å². The standard InChI is InChI=1S/C17H32N6.HI/c1-13(2)23-10-14(3)16(12-23)21-17(18-4)19-8-6-7-15-9-20-22(5)11-15;/h9,11,13-14,16H,6-8,10,12H2,1-5H3,(H2,18,19,21);1H. The van der Waals surface area contributed by atoms with Crippen molar-refractivity contribution in [3.63, 3.8) is 0 Å². The number of aromatic nitrogens is 2. The molecule has 2 N–H and O–H groups in total. The Balaban J connectivity index is 0.00000288. The second kappa shape index (κ2) is 10.2. The maximum Gasteiger partial charge on any atom is 0.191 e. The van der Waals surface area contributed by atoms with Gasteiger partial charge in [-0.1, -0.05) is 6.92 Å². The average molecular weight is 448 g/mol. The first kappa shape index (κ1) is 21.2. The fourth-order valence-corrected chi connectivity index (χ4v) is 3.08. The fourth-order valence-electron chi connectivity index (χ4n) is 3.08. The first-order valence-corrected chi connectivity index (χ1v) is 8.68. The fraction of sp³-hybridized carbons (Fsp3) is 0.765. The van der Waals surface area contributed by atoms with Crippen LogP contribution in [-0.2, 0) is 13.5 Å². The molecule has 7 heteroatoms. The quantitative estimate of drug-likeness (QED) is 0.302. The van der Waals surface area contributed by atoms with E-state index < -0.39 is 0 Å².